The van der Waals surface area contributed by atoms with E-state index in [4.69, 9.17) is 0 Å². The zero-order valence-electron chi connectivity index (χ0n) is 29.1. The fourth-order valence-corrected chi connectivity index (χ4v) is 6.92. The van der Waals surface area contributed by atoms with Crippen LogP contribution in [0, 0.1) is 11.6 Å². The molecule has 50 heavy (non-hydrogen) atoms. The van der Waals surface area contributed by atoms with Gasteiger partial charge in [0.2, 0.25) is 0 Å². The van der Waals surface area contributed by atoms with Gasteiger partial charge in [-0.15, -0.1) is 0 Å². The van der Waals surface area contributed by atoms with Crippen molar-refractivity contribution >= 4 is 66.4 Å². The average Bonchev–Trinajstić information content (AvgIpc) is 3.13. The topological polar surface area (TPSA) is 6.48 Å². The Morgan fingerprint density at radius 3 is 1.24 bits per heavy atom. The first-order valence-corrected chi connectivity index (χ1v) is 17.2. The molecule has 8 aromatic carbocycles. The van der Waals surface area contributed by atoms with Gasteiger partial charge in [-0.3, -0.25) is 0 Å². The van der Waals surface area contributed by atoms with E-state index in [1.165, 1.54) is 23.1 Å². The molecule has 0 atom stereocenters. The Morgan fingerprint density at radius 1 is 0.420 bits per heavy atom. The van der Waals surface area contributed by atoms with Crippen molar-refractivity contribution in [1.29, 1.82) is 0 Å². The Balaban J connectivity index is 0.00000193. The number of nitrogens with zero attached hydrogens (tertiary/aromatic N) is 2. The second-order valence-electron chi connectivity index (χ2n) is 13.4. The SMILES string of the molecule is CC.CC(C)(C)c1cc2ccc3c(N(c4ccccc4)c4cccc(F)c4)cc(N(c4ccccc4)c4cccc(F)c4)c4ccc(c1)c2c34. The maximum Gasteiger partial charge on any atom is 0.125 e. The number of benzene rings is 8. The average molecular weight is 659 g/mol. The Hall–Kier alpha value is -5.74. The van der Waals surface area contributed by atoms with Gasteiger partial charge in [-0.1, -0.05) is 120 Å². The zero-order valence-corrected chi connectivity index (χ0v) is 29.1. The van der Waals surface area contributed by atoms with Gasteiger partial charge in [0.05, 0.1) is 11.4 Å². The molecule has 0 aliphatic rings. The Bertz CT molecular complexity index is 2260. The van der Waals surface area contributed by atoms with E-state index in [1.54, 1.807) is 24.3 Å². The van der Waals surface area contributed by atoms with Crippen LogP contribution in [-0.4, -0.2) is 0 Å². The summed E-state index contributed by atoms with van der Waals surface area (Å²) in [5.74, 6) is -0.626. The summed E-state index contributed by atoms with van der Waals surface area (Å²) in [6.07, 6.45) is 0. The van der Waals surface area contributed by atoms with Crippen molar-refractivity contribution in [3.05, 3.63) is 169 Å². The van der Waals surface area contributed by atoms with Crippen LogP contribution in [0.4, 0.5) is 42.9 Å². The highest BCUT2D eigenvalue weighted by Gasteiger charge is 2.25. The number of para-hydroxylation sites is 2. The van der Waals surface area contributed by atoms with Crippen molar-refractivity contribution in [3.8, 4) is 0 Å². The number of halogens is 2. The molecular formula is C46H40F2N2. The summed E-state index contributed by atoms with van der Waals surface area (Å²) in [5.41, 5.74) is 6.23. The van der Waals surface area contributed by atoms with E-state index >= 15 is 0 Å². The minimum absolute atomic E-state index is 0.0241. The quantitative estimate of drug-likeness (QED) is 0.164. The molecule has 0 saturated carbocycles. The van der Waals surface area contributed by atoms with Crippen LogP contribution < -0.4 is 9.80 Å². The Labute approximate surface area is 293 Å². The normalized spacial score (nSPS) is 11.5. The van der Waals surface area contributed by atoms with Crippen molar-refractivity contribution < 1.29 is 8.78 Å². The lowest BCUT2D eigenvalue weighted by Crippen LogP contribution is -2.15. The third kappa shape index (κ3) is 5.92. The van der Waals surface area contributed by atoms with Crippen molar-refractivity contribution in [1.82, 2.24) is 0 Å². The van der Waals surface area contributed by atoms with E-state index in [0.29, 0.717) is 11.4 Å². The van der Waals surface area contributed by atoms with E-state index in [2.05, 4.69) is 73.0 Å². The molecule has 0 bridgehead atoms. The maximum atomic E-state index is 14.9. The van der Waals surface area contributed by atoms with Crippen molar-refractivity contribution in [2.45, 2.75) is 40.0 Å². The van der Waals surface area contributed by atoms with E-state index in [0.717, 1.165) is 49.7 Å². The molecule has 248 valence electrons. The molecule has 0 amide bonds. The van der Waals surface area contributed by atoms with Crippen LogP contribution in [0.1, 0.15) is 40.2 Å². The summed E-state index contributed by atoms with van der Waals surface area (Å²) in [4.78, 5) is 4.24. The highest BCUT2D eigenvalue weighted by molar-refractivity contribution is 6.29. The van der Waals surface area contributed by atoms with Gasteiger partial charge in [-0.05, 0) is 93.9 Å². The molecule has 0 N–H and O–H groups in total. The Kier molecular flexibility index (Phi) is 8.71. The number of hydrogen-bond acceptors (Lipinski definition) is 2. The van der Waals surface area contributed by atoms with Gasteiger partial charge in [0, 0.05) is 38.9 Å². The number of anilines is 6. The summed E-state index contributed by atoms with van der Waals surface area (Å²) in [5, 5.41) is 6.67. The smallest absolute Gasteiger partial charge is 0.125 e. The fraction of sp³-hybridized carbons (Fsp3) is 0.130. The predicted molar refractivity (Wildman–Crippen MR) is 209 cm³/mol. The van der Waals surface area contributed by atoms with Crippen molar-refractivity contribution in [2.75, 3.05) is 9.80 Å². The molecule has 0 unspecified atom stereocenters. The van der Waals surface area contributed by atoms with Crippen LogP contribution in [0.2, 0.25) is 0 Å². The monoisotopic (exact) mass is 658 g/mol. The first-order valence-electron chi connectivity index (χ1n) is 17.2. The molecule has 0 radical (unpaired) electrons. The van der Waals surface area contributed by atoms with E-state index < -0.39 is 0 Å². The second kappa shape index (κ2) is 13.3. The van der Waals surface area contributed by atoms with Crippen LogP contribution in [0.25, 0.3) is 32.3 Å². The summed E-state index contributed by atoms with van der Waals surface area (Å²) in [7, 11) is 0. The van der Waals surface area contributed by atoms with Crippen LogP contribution in [0.15, 0.2) is 152 Å². The summed E-state index contributed by atoms with van der Waals surface area (Å²) in [6.45, 7) is 10.7. The minimum Gasteiger partial charge on any atom is -0.310 e. The standard InChI is InChI=1S/C44H34F2N2.C2H6/c1-44(2,3)31-24-29-20-22-38-40(47(34-14-6-4-7-15-34)36-18-10-12-32(45)26-36)28-41(39-23-21-30(25-31)42(29)43(38)39)48(35-16-8-5-9-17-35)37-19-11-13-33(46)27-37;1-2/h4-28H,1-3H3;1-2H3. The van der Waals surface area contributed by atoms with Crippen LogP contribution in [0.5, 0.6) is 0 Å². The molecule has 0 aliphatic heterocycles. The molecule has 2 nitrogen and oxygen atoms in total. The highest BCUT2D eigenvalue weighted by atomic mass is 19.1. The lowest BCUT2D eigenvalue weighted by atomic mass is 9.83. The summed E-state index contributed by atoms with van der Waals surface area (Å²) in [6, 6.07) is 49.1. The fourth-order valence-electron chi connectivity index (χ4n) is 6.92. The molecule has 4 heteroatoms. The number of hydrogen-bond donors (Lipinski definition) is 0. The van der Waals surface area contributed by atoms with Crippen LogP contribution >= 0.6 is 0 Å². The summed E-state index contributed by atoms with van der Waals surface area (Å²) < 4.78 is 29.9. The molecular weight excluding hydrogens is 619 g/mol. The van der Waals surface area contributed by atoms with Gasteiger partial charge in [0.15, 0.2) is 0 Å². The van der Waals surface area contributed by atoms with Crippen LogP contribution in [-0.2, 0) is 5.41 Å². The number of rotatable bonds is 6. The van der Waals surface area contributed by atoms with Gasteiger partial charge in [-0.25, -0.2) is 8.78 Å². The van der Waals surface area contributed by atoms with E-state index in [-0.39, 0.29) is 17.0 Å². The first-order chi connectivity index (χ1) is 24.3. The second-order valence-corrected chi connectivity index (χ2v) is 13.4. The molecule has 0 spiro atoms. The zero-order chi connectivity index (χ0) is 35.0. The largest absolute Gasteiger partial charge is 0.310 e. The van der Waals surface area contributed by atoms with Gasteiger partial charge >= 0.3 is 0 Å². The summed E-state index contributed by atoms with van der Waals surface area (Å²) >= 11 is 0. The van der Waals surface area contributed by atoms with Crippen LogP contribution in [0.3, 0.4) is 0 Å². The van der Waals surface area contributed by atoms with Crippen molar-refractivity contribution in [3.63, 3.8) is 0 Å². The molecule has 0 saturated heterocycles. The first kappa shape index (κ1) is 32.8. The van der Waals surface area contributed by atoms with Gasteiger partial charge < -0.3 is 9.80 Å². The van der Waals surface area contributed by atoms with Crippen molar-refractivity contribution in [2.24, 2.45) is 0 Å². The minimum atomic E-state index is -0.313. The molecule has 0 aromatic heterocycles. The molecule has 0 fully saturated rings. The van der Waals surface area contributed by atoms with Gasteiger partial charge in [0.25, 0.3) is 0 Å². The molecule has 8 rings (SSSR count). The Morgan fingerprint density at radius 2 is 0.840 bits per heavy atom. The van der Waals surface area contributed by atoms with E-state index in [1.807, 2.05) is 86.6 Å². The van der Waals surface area contributed by atoms with Gasteiger partial charge in [0.1, 0.15) is 11.6 Å². The molecule has 0 heterocycles. The lowest BCUT2D eigenvalue weighted by molar-refractivity contribution is 0.591. The predicted octanol–water partition coefficient (Wildman–Crippen LogP) is 14.1. The third-order valence-electron chi connectivity index (χ3n) is 9.18. The van der Waals surface area contributed by atoms with E-state index in [9.17, 15) is 8.78 Å². The maximum absolute atomic E-state index is 14.9. The third-order valence-corrected chi connectivity index (χ3v) is 9.18. The highest BCUT2D eigenvalue weighted by Crippen LogP contribution is 2.50. The molecule has 0 aliphatic carbocycles. The van der Waals surface area contributed by atoms with Gasteiger partial charge in [-0.2, -0.15) is 0 Å². The lowest BCUT2D eigenvalue weighted by Gasteiger charge is -2.32. The molecule has 8 aromatic rings.